The van der Waals surface area contributed by atoms with Crippen molar-refractivity contribution in [1.82, 2.24) is 10.6 Å². The zero-order valence-electron chi connectivity index (χ0n) is 9.27. The van der Waals surface area contributed by atoms with Crippen LogP contribution in [0.2, 0.25) is 0 Å². The summed E-state index contributed by atoms with van der Waals surface area (Å²) < 4.78 is 0. The monoisotopic (exact) mass is 214 g/mol. The maximum Gasteiger partial charge on any atom is 0.0211 e. The molecule has 0 aromatic rings. The zero-order chi connectivity index (χ0) is 10.4. The molecule has 1 saturated carbocycles. The van der Waals surface area contributed by atoms with E-state index in [9.17, 15) is 0 Å². The van der Waals surface area contributed by atoms with Crippen molar-refractivity contribution in [1.29, 1.82) is 0 Å². The van der Waals surface area contributed by atoms with Crippen LogP contribution in [0, 0.1) is 0 Å². The molecule has 2 N–H and O–H groups in total. The quantitative estimate of drug-likeness (QED) is 0.591. The summed E-state index contributed by atoms with van der Waals surface area (Å²) >= 11 is 4.46. The van der Waals surface area contributed by atoms with E-state index in [2.05, 4.69) is 30.2 Å². The van der Waals surface area contributed by atoms with Gasteiger partial charge in [-0.3, -0.25) is 0 Å². The second-order valence-corrected chi connectivity index (χ2v) is 4.40. The van der Waals surface area contributed by atoms with Gasteiger partial charge in [-0.1, -0.05) is 13.3 Å². The lowest BCUT2D eigenvalue weighted by Crippen LogP contribution is -2.36. The lowest BCUT2D eigenvalue weighted by molar-refractivity contribution is 0.341. The molecule has 2 nitrogen and oxygen atoms in total. The fraction of sp³-hybridized carbons (Fsp3) is 0.818. The molecule has 0 saturated heterocycles. The van der Waals surface area contributed by atoms with E-state index in [1.165, 1.54) is 29.9 Å². The first-order valence-corrected chi connectivity index (χ1v) is 6.04. The first-order valence-electron chi connectivity index (χ1n) is 5.60. The van der Waals surface area contributed by atoms with Crippen molar-refractivity contribution in [2.45, 2.75) is 45.1 Å². The maximum absolute atomic E-state index is 4.46. The summed E-state index contributed by atoms with van der Waals surface area (Å²) in [5, 5.41) is 6.78. The Balaban J connectivity index is 2.19. The van der Waals surface area contributed by atoms with E-state index in [1.807, 2.05) is 7.05 Å². The molecule has 1 fully saturated rings. The van der Waals surface area contributed by atoms with Crippen molar-refractivity contribution in [3.63, 3.8) is 0 Å². The lowest BCUT2D eigenvalue weighted by atomic mass is 9.93. The molecule has 1 aliphatic rings. The average molecular weight is 214 g/mol. The average Bonchev–Trinajstić information content (AvgIpc) is 2.14. The summed E-state index contributed by atoms with van der Waals surface area (Å²) in [4.78, 5) is 1.18. The van der Waals surface area contributed by atoms with Gasteiger partial charge in [0, 0.05) is 36.7 Å². The largest absolute Gasteiger partial charge is 0.391 e. The molecule has 0 amide bonds. The van der Waals surface area contributed by atoms with E-state index < -0.39 is 0 Å². The Bertz CT molecular complexity index is 197. The second kappa shape index (κ2) is 6.36. The van der Waals surface area contributed by atoms with Gasteiger partial charge in [-0.25, -0.2) is 0 Å². The minimum Gasteiger partial charge on any atom is -0.391 e. The van der Waals surface area contributed by atoms with Crippen LogP contribution in [0.15, 0.2) is 10.6 Å². The van der Waals surface area contributed by atoms with Gasteiger partial charge >= 0.3 is 0 Å². The summed E-state index contributed by atoms with van der Waals surface area (Å²) in [6.45, 7) is 3.21. The third-order valence-electron chi connectivity index (χ3n) is 2.90. The number of nitrogens with one attached hydrogen (secondary N) is 2. The molecule has 0 aliphatic heterocycles. The Labute approximate surface area is 92.9 Å². The number of hydrogen-bond donors (Lipinski definition) is 3. The summed E-state index contributed by atoms with van der Waals surface area (Å²) in [6, 6.07) is 0.790. The lowest BCUT2D eigenvalue weighted by Gasteiger charge is -2.26. The van der Waals surface area contributed by atoms with Gasteiger partial charge in [-0.2, -0.15) is 0 Å². The highest BCUT2D eigenvalue weighted by Gasteiger charge is 2.15. The highest BCUT2D eigenvalue weighted by molar-refractivity contribution is 7.84. The topological polar surface area (TPSA) is 24.1 Å². The predicted molar refractivity (Wildman–Crippen MR) is 65.6 cm³/mol. The molecular formula is C11H22N2S. The summed E-state index contributed by atoms with van der Waals surface area (Å²) in [7, 11) is 1.98. The van der Waals surface area contributed by atoms with Crippen LogP contribution in [0.3, 0.4) is 0 Å². The zero-order valence-corrected chi connectivity index (χ0v) is 10.2. The maximum atomic E-state index is 4.46. The van der Waals surface area contributed by atoms with Crippen LogP contribution < -0.4 is 10.6 Å². The number of thiol groups is 1. The SMILES string of the molecule is CC/C(S)=C(\CCNC1CCC1)NC. The Kier molecular flexibility index (Phi) is 5.41. The van der Waals surface area contributed by atoms with Crippen molar-refractivity contribution in [3.8, 4) is 0 Å². The van der Waals surface area contributed by atoms with Crippen molar-refractivity contribution < 1.29 is 0 Å². The Hall–Kier alpha value is -0.150. The van der Waals surface area contributed by atoms with Crippen molar-refractivity contribution in [3.05, 3.63) is 10.6 Å². The number of rotatable bonds is 6. The van der Waals surface area contributed by atoms with Crippen molar-refractivity contribution >= 4 is 12.6 Å². The third-order valence-corrected chi connectivity index (χ3v) is 3.48. The van der Waals surface area contributed by atoms with E-state index >= 15 is 0 Å². The van der Waals surface area contributed by atoms with Gasteiger partial charge in [-0.15, -0.1) is 12.6 Å². The van der Waals surface area contributed by atoms with Crippen molar-refractivity contribution in [2.75, 3.05) is 13.6 Å². The van der Waals surface area contributed by atoms with Gasteiger partial charge < -0.3 is 10.6 Å². The summed E-state index contributed by atoms with van der Waals surface area (Å²) in [6.07, 6.45) is 6.21. The second-order valence-electron chi connectivity index (χ2n) is 3.86. The first kappa shape index (κ1) is 11.9. The molecule has 0 unspecified atom stereocenters. The Morgan fingerprint density at radius 2 is 2.14 bits per heavy atom. The van der Waals surface area contributed by atoms with Crippen LogP contribution in [0.1, 0.15) is 39.0 Å². The Morgan fingerprint density at radius 3 is 2.57 bits per heavy atom. The molecule has 0 spiro atoms. The third kappa shape index (κ3) is 3.54. The molecule has 1 aliphatic carbocycles. The van der Waals surface area contributed by atoms with Gasteiger partial charge in [0.15, 0.2) is 0 Å². The number of allylic oxidation sites excluding steroid dienone is 1. The van der Waals surface area contributed by atoms with E-state index in [-0.39, 0.29) is 0 Å². The van der Waals surface area contributed by atoms with Crippen LogP contribution in [-0.4, -0.2) is 19.6 Å². The van der Waals surface area contributed by atoms with Crippen LogP contribution >= 0.6 is 12.6 Å². The fourth-order valence-electron chi connectivity index (χ4n) is 1.64. The first-order chi connectivity index (χ1) is 6.77. The summed E-state index contributed by atoms with van der Waals surface area (Å²) in [5.41, 5.74) is 1.28. The molecule has 3 heteroatoms. The van der Waals surface area contributed by atoms with E-state index in [1.54, 1.807) is 0 Å². The van der Waals surface area contributed by atoms with Gasteiger partial charge in [0.25, 0.3) is 0 Å². The highest BCUT2D eigenvalue weighted by Crippen LogP contribution is 2.18. The minimum absolute atomic E-state index is 0.790. The fourth-order valence-corrected chi connectivity index (χ4v) is 1.86. The molecule has 0 aromatic carbocycles. The standard InChI is InChI=1S/C11H22N2S/c1-3-11(14)10(12-2)7-8-13-9-5-4-6-9/h9,12-14H,3-8H2,1-2H3/b11-10-. The van der Waals surface area contributed by atoms with Gasteiger partial charge in [0.2, 0.25) is 0 Å². The van der Waals surface area contributed by atoms with E-state index in [4.69, 9.17) is 0 Å². The van der Waals surface area contributed by atoms with Gasteiger partial charge in [0.05, 0.1) is 0 Å². The molecule has 0 bridgehead atoms. The molecule has 0 heterocycles. The molecular weight excluding hydrogens is 192 g/mol. The molecule has 82 valence electrons. The Morgan fingerprint density at radius 1 is 1.43 bits per heavy atom. The molecule has 0 atom stereocenters. The minimum atomic E-state index is 0.790. The molecule has 0 aromatic heterocycles. The number of hydrogen-bond acceptors (Lipinski definition) is 3. The van der Waals surface area contributed by atoms with Crippen LogP contribution in [0.25, 0.3) is 0 Å². The van der Waals surface area contributed by atoms with Gasteiger partial charge in [-0.05, 0) is 19.3 Å². The van der Waals surface area contributed by atoms with E-state index in [0.717, 1.165) is 25.4 Å². The van der Waals surface area contributed by atoms with Crippen LogP contribution in [0.4, 0.5) is 0 Å². The normalized spacial score (nSPS) is 18.8. The molecule has 14 heavy (non-hydrogen) atoms. The van der Waals surface area contributed by atoms with Crippen molar-refractivity contribution in [2.24, 2.45) is 0 Å². The van der Waals surface area contributed by atoms with Crippen LogP contribution in [-0.2, 0) is 0 Å². The predicted octanol–water partition coefficient (Wildman–Crippen LogP) is 2.29. The van der Waals surface area contributed by atoms with Crippen LogP contribution in [0.5, 0.6) is 0 Å². The molecule has 0 radical (unpaired) electrons. The summed E-state index contributed by atoms with van der Waals surface area (Å²) in [5.74, 6) is 0. The highest BCUT2D eigenvalue weighted by atomic mass is 32.1. The van der Waals surface area contributed by atoms with E-state index in [0.29, 0.717) is 0 Å². The molecule has 1 rings (SSSR count). The van der Waals surface area contributed by atoms with Gasteiger partial charge in [0.1, 0.15) is 0 Å². The smallest absolute Gasteiger partial charge is 0.0211 e.